The molecule has 0 bridgehead atoms. The zero-order chi connectivity index (χ0) is 27.2. The number of benzene rings is 2. The number of ketones is 1. The molecule has 4 aromatic rings. The van der Waals surface area contributed by atoms with Crippen molar-refractivity contribution in [3.8, 4) is 5.69 Å². The average Bonchev–Trinajstić information content (AvgIpc) is 3.48. The highest BCUT2D eigenvalue weighted by Gasteiger charge is 2.46. The van der Waals surface area contributed by atoms with Gasteiger partial charge >= 0.3 is 6.18 Å². The van der Waals surface area contributed by atoms with Gasteiger partial charge in [-0.25, -0.2) is 4.68 Å². The highest BCUT2D eigenvalue weighted by molar-refractivity contribution is 7.59. The van der Waals surface area contributed by atoms with Gasteiger partial charge in [-0.15, -0.1) is 11.3 Å². The van der Waals surface area contributed by atoms with Crippen LogP contribution in [0.5, 0.6) is 0 Å². The quantitative estimate of drug-likeness (QED) is 0.219. The van der Waals surface area contributed by atoms with Crippen molar-refractivity contribution in [3.05, 3.63) is 98.9 Å². The fourth-order valence-corrected chi connectivity index (χ4v) is 6.28. The fraction of sp³-hybridized carbons (Fsp3) is 0.276. The number of carbonyl (C=O) groups excluding carboxylic acids is 2. The molecule has 0 saturated heterocycles. The number of aromatic nitrogens is 2. The Morgan fingerprint density at radius 3 is 2.33 bits per heavy atom. The lowest BCUT2D eigenvalue weighted by Crippen LogP contribution is -2.45. The molecule has 0 saturated carbocycles. The van der Waals surface area contributed by atoms with Gasteiger partial charge in [0.1, 0.15) is 5.82 Å². The zero-order valence-corrected chi connectivity index (χ0v) is 24.9. The molecule has 5 nitrogen and oxygen atoms in total. The Kier molecular flexibility index (Phi) is 9.64. The van der Waals surface area contributed by atoms with Crippen molar-refractivity contribution in [2.24, 2.45) is 5.92 Å². The summed E-state index contributed by atoms with van der Waals surface area (Å²) in [6, 6.07) is 15.9. The van der Waals surface area contributed by atoms with E-state index in [0.29, 0.717) is 12.4 Å². The van der Waals surface area contributed by atoms with Crippen molar-refractivity contribution in [1.82, 2.24) is 9.78 Å². The molecule has 0 radical (unpaired) electrons. The lowest BCUT2D eigenvalue weighted by atomic mass is 9.77. The Morgan fingerprint density at radius 2 is 1.73 bits per heavy atom. The van der Waals surface area contributed by atoms with E-state index in [0.717, 1.165) is 39.5 Å². The minimum Gasteiger partial charge on any atom is -0.296 e. The van der Waals surface area contributed by atoms with Crippen LogP contribution in [0.2, 0.25) is 0 Å². The van der Waals surface area contributed by atoms with Crippen LogP contribution in [0.3, 0.4) is 0 Å². The molecular weight excluding hydrogens is 576 g/mol. The van der Waals surface area contributed by atoms with Gasteiger partial charge in [-0.2, -0.15) is 45.3 Å². The maximum Gasteiger partial charge on any atom is 0.416 e. The highest BCUT2D eigenvalue weighted by Crippen LogP contribution is 2.48. The van der Waals surface area contributed by atoms with E-state index in [-0.39, 0.29) is 44.9 Å². The SMILES string of the molecule is CCN1C(=O)[C@@H](CC(=O)c2cccc(C(F)(F)F)c2)[C@@H](c2cc(C)cs2)c2c(C)nn(-c3ccccc3)c21.S.S. The number of halogens is 3. The number of nitrogens with zero attached hydrogens (tertiary/aromatic N) is 3. The highest BCUT2D eigenvalue weighted by atomic mass is 32.1. The molecule has 11 heteroatoms. The molecule has 0 fully saturated rings. The maximum absolute atomic E-state index is 14.1. The van der Waals surface area contributed by atoms with E-state index in [2.05, 4.69) is 0 Å². The molecule has 0 N–H and O–H groups in total. The third kappa shape index (κ3) is 5.73. The molecule has 40 heavy (non-hydrogen) atoms. The number of anilines is 1. The number of hydrogen-bond acceptors (Lipinski definition) is 4. The van der Waals surface area contributed by atoms with Crippen LogP contribution in [0.4, 0.5) is 19.0 Å². The van der Waals surface area contributed by atoms with Gasteiger partial charge in [0.25, 0.3) is 0 Å². The number of carbonyl (C=O) groups is 2. The predicted octanol–water partition coefficient (Wildman–Crippen LogP) is 7.18. The Labute approximate surface area is 248 Å². The Hall–Kier alpha value is -3.02. The second-order valence-electron chi connectivity index (χ2n) is 9.47. The summed E-state index contributed by atoms with van der Waals surface area (Å²) in [5.41, 5.74) is 2.50. The molecule has 1 amide bonds. The lowest BCUT2D eigenvalue weighted by Gasteiger charge is -2.37. The summed E-state index contributed by atoms with van der Waals surface area (Å²) in [5, 5.41) is 6.80. The van der Waals surface area contributed by atoms with Crippen LogP contribution < -0.4 is 4.90 Å². The number of amides is 1. The second kappa shape index (κ2) is 12.2. The molecule has 2 aromatic carbocycles. The van der Waals surface area contributed by atoms with Crippen LogP contribution in [0, 0.1) is 19.8 Å². The number of rotatable bonds is 6. The number of para-hydroxylation sites is 1. The van der Waals surface area contributed by atoms with Crippen LogP contribution in [-0.2, 0) is 11.0 Å². The summed E-state index contributed by atoms with van der Waals surface area (Å²) >= 11 is 1.51. The smallest absolute Gasteiger partial charge is 0.296 e. The first-order valence-corrected chi connectivity index (χ1v) is 13.2. The van der Waals surface area contributed by atoms with Crippen molar-refractivity contribution in [2.75, 3.05) is 11.4 Å². The van der Waals surface area contributed by atoms with Crippen molar-refractivity contribution in [3.63, 3.8) is 0 Å². The Morgan fingerprint density at radius 1 is 1.02 bits per heavy atom. The lowest BCUT2D eigenvalue weighted by molar-refractivity contribution is -0.137. The van der Waals surface area contributed by atoms with Gasteiger partial charge < -0.3 is 0 Å². The summed E-state index contributed by atoms with van der Waals surface area (Å²) < 4.78 is 41.7. The first kappa shape index (κ1) is 31.5. The molecule has 0 unspecified atom stereocenters. The van der Waals surface area contributed by atoms with Crippen molar-refractivity contribution in [1.29, 1.82) is 0 Å². The summed E-state index contributed by atoms with van der Waals surface area (Å²) in [7, 11) is 0. The monoisotopic (exact) mass is 605 g/mol. The van der Waals surface area contributed by atoms with E-state index < -0.39 is 29.4 Å². The van der Waals surface area contributed by atoms with Crippen molar-refractivity contribution >= 4 is 55.8 Å². The summed E-state index contributed by atoms with van der Waals surface area (Å²) in [6.45, 7) is 6.07. The van der Waals surface area contributed by atoms with Gasteiger partial charge in [0.15, 0.2) is 5.78 Å². The van der Waals surface area contributed by atoms with Gasteiger partial charge in [0.05, 0.1) is 22.9 Å². The standard InChI is InChI=1S/C29H26F3N3O2S.2H2S/c1-4-34-27-25(18(3)33-35(27)21-11-6-5-7-12-21)26(24-13-17(2)16-38-24)22(28(34)37)15-23(36)19-9-8-10-20(14-19)29(30,31)32;;/h5-14,16,22,26H,4,15H2,1-3H3;2*1H2/t22-,26-;;/m0../s1. The molecule has 1 aliphatic rings. The van der Waals surface area contributed by atoms with Gasteiger partial charge in [-0.05, 0) is 62.0 Å². The van der Waals surface area contributed by atoms with Gasteiger partial charge in [-0.1, -0.05) is 30.3 Å². The van der Waals surface area contributed by atoms with Gasteiger partial charge in [0, 0.05) is 34.9 Å². The number of aryl methyl sites for hydroxylation is 2. The fourth-order valence-electron chi connectivity index (χ4n) is 5.20. The Balaban J connectivity index is 0.00000220. The molecule has 5 rings (SSSR count). The number of Topliss-reactive ketones (excluding diaryl/α,β-unsaturated/α-hetero) is 1. The van der Waals surface area contributed by atoms with Crippen molar-refractivity contribution < 1.29 is 22.8 Å². The third-order valence-corrected chi connectivity index (χ3v) is 8.06. The van der Waals surface area contributed by atoms with Crippen LogP contribution in [0.1, 0.15) is 56.9 Å². The van der Waals surface area contributed by atoms with E-state index >= 15 is 0 Å². The molecule has 0 spiro atoms. The van der Waals surface area contributed by atoms with E-state index in [1.165, 1.54) is 23.5 Å². The van der Waals surface area contributed by atoms with Gasteiger partial charge in [0.2, 0.25) is 5.91 Å². The molecule has 3 heterocycles. The maximum atomic E-state index is 14.1. The minimum absolute atomic E-state index is 0. The molecule has 212 valence electrons. The van der Waals surface area contributed by atoms with E-state index in [4.69, 9.17) is 5.10 Å². The minimum atomic E-state index is -4.56. The zero-order valence-electron chi connectivity index (χ0n) is 22.1. The predicted molar refractivity (Wildman–Crippen MR) is 162 cm³/mol. The first-order valence-electron chi connectivity index (χ1n) is 12.3. The van der Waals surface area contributed by atoms with E-state index in [1.807, 2.05) is 62.5 Å². The molecular formula is C29H30F3N3O2S3. The van der Waals surface area contributed by atoms with Crippen LogP contribution >= 0.6 is 38.3 Å². The topological polar surface area (TPSA) is 55.2 Å². The second-order valence-corrected chi connectivity index (χ2v) is 10.4. The van der Waals surface area contributed by atoms with E-state index in [9.17, 15) is 22.8 Å². The first-order chi connectivity index (χ1) is 18.1. The molecule has 2 atom stereocenters. The normalized spacial score (nSPS) is 16.6. The van der Waals surface area contributed by atoms with Crippen LogP contribution in [0.25, 0.3) is 5.69 Å². The molecule has 1 aliphatic heterocycles. The van der Waals surface area contributed by atoms with Crippen LogP contribution in [-0.4, -0.2) is 28.0 Å². The number of hydrogen-bond donors (Lipinski definition) is 0. The average molecular weight is 606 g/mol. The molecule has 0 aliphatic carbocycles. The Bertz CT molecular complexity index is 1520. The van der Waals surface area contributed by atoms with E-state index in [1.54, 1.807) is 9.58 Å². The summed E-state index contributed by atoms with van der Waals surface area (Å²) in [6.07, 6.45) is -4.78. The number of fused-ring (bicyclic) bond motifs is 1. The van der Waals surface area contributed by atoms with Gasteiger partial charge in [-0.3, -0.25) is 14.5 Å². The summed E-state index contributed by atoms with van der Waals surface area (Å²) in [5.74, 6) is -1.31. The van der Waals surface area contributed by atoms with Crippen LogP contribution in [0.15, 0.2) is 66.0 Å². The van der Waals surface area contributed by atoms with Crippen molar-refractivity contribution in [2.45, 2.75) is 39.3 Å². The third-order valence-electron chi connectivity index (χ3n) is 6.93. The largest absolute Gasteiger partial charge is 0.416 e. The molecule has 2 aromatic heterocycles. The number of thiophene rings is 1. The number of alkyl halides is 3. The summed E-state index contributed by atoms with van der Waals surface area (Å²) in [4.78, 5) is 30.0.